The first-order valence-corrected chi connectivity index (χ1v) is 5.23. The van der Waals surface area contributed by atoms with E-state index in [0.717, 1.165) is 16.0 Å². The van der Waals surface area contributed by atoms with E-state index < -0.39 is 0 Å². The van der Waals surface area contributed by atoms with E-state index in [2.05, 4.69) is 11.8 Å². The first kappa shape index (κ1) is 11.6. The minimum absolute atomic E-state index is 0.247. The summed E-state index contributed by atoms with van der Waals surface area (Å²) in [6.07, 6.45) is 2.52. The molecule has 1 aliphatic heterocycles. The van der Waals surface area contributed by atoms with Crippen LogP contribution in [0.3, 0.4) is 0 Å². The highest BCUT2D eigenvalue weighted by Crippen LogP contribution is 2.11. The standard InChI is InChI=1S/C14H8N2O2/c15-9-1-2-11-3-5-12(6-4-11)10-16-13(17)7-8-14(16)18/h3-8H,10H2. The van der Waals surface area contributed by atoms with E-state index >= 15 is 0 Å². The van der Waals surface area contributed by atoms with Crippen molar-refractivity contribution in [1.29, 1.82) is 5.26 Å². The fourth-order valence-corrected chi connectivity index (χ4v) is 1.56. The van der Waals surface area contributed by atoms with Gasteiger partial charge in [-0.3, -0.25) is 14.5 Å². The van der Waals surface area contributed by atoms with Crippen LogP contribution >= 0.6 is 0 Å². The van der Waals surface area contributed by atoms with E-state index in [9.17, 15) is 9.59 Å². The average Bonchev–Trinajstić information content (AvgIpc) is 2.70. The van der Waals surface area contributed by atoms with Gasteiger partial charge < -0.3 is 0 Å². The van der Waals surface area contributed by atoms with Crippen molar-refractivity contribution in [2.45, 2.75) is 6.54 Å². The van der Waals surface area contributed by atoms with Crippen LogP contribution in [-0.4, -0.2) is 16.7 Å². The Morgan fingerprint density at radius 3 is 2.22 bits per heavy atom. The Bertz CT molecular complexity index is 606. The Balaban J connectivity index is 2.10. The Labute approximate surface area is 104 Å². The fraction of sp³-hybridized carbons (Fsp3) is 0.0714. The highest BCUT2D eigenvalue weighted by molar-refractivity contribution is 6.12. The molecule has 2 amide bonds. The topological polar surface area (TPSA) is 61.2 Å². The molecule has 0 spiro atoms. The van der Waals surface area contributed by atoms with Crippen LogP contribution in [0.1, 0.15) is 11.1 Å². The molecule has 0 aromatic heterocycles. The van der Waals surface area contributed by atoms with Gasteiger partial charge in [-0.25, -0.2) is 0 Å². The van der Waals surface area contributed by atoms with Gasteiger partial charge in [0.15, 0.2) is 6.07 Å². The molecular formula is C14H8N2O2. The van der Waals surface area contributed by atoms with Crippen LogP contribution in [0.15, 0.2) is 36.4 Å². The zero-order valence-electron chi connectivity index (χ0n) is 9.38. The Hall–Kier alpha value is -2.85. The van der Waals surface area contributed by atoms with Crippen molar-refractivity contribution in [2.24, 2.45) is 0 Å². The third kappa shape index (κ3) is 2.45. The summed E-state index contributed by atoms with van der Waals surface area (Å²) in [4.78, 5) is 23.9. The van der Waals surface area contributed by atoms with Gasteiger partial charge in [0.05, 0.1) is 6.54 Å². The molecule has 0 N–H and O–H groups in total. The molecular weight excluding hydrogens is 228 g/mol. The van der Waals surface area contributed by atoms with E-state index in [0.29, 0.717) is 0 Å². The molecule has 0 aliphatic carbocycles. The lowest BCUT2D eigenvalue weighted by Crippen LogP contribution is -2.29. The molecule has 0 saturated heterocycles. The number of imide groups is 1. The van der Waals surface area contributed by atoms with Crippen LogP contribution in [0.5, 0.6) is 0 Å². The van der Waals surface area contributed by atoms with Gasteiger partial charge in [0.25, 0.3) is 11.8 Å². The predicted molar refractivity (Wildman–Crippen MR) is 63.6 cm³/mol. The Kier molecular flexibility index (Phi) is 3.22. The molecule has 0 bridgehead atoms. The first-order chi connectivity index (χ1) is 8.70. The first-order valence-electron chi connectivity index (χ1n) is 5.23. The van der Waals surface area contributed by atoms with Crippen molar-refractivity contribution in [1.82, 2.24) is 4.90 Å². The second-order valence-corrected chi connectivity index (χ2v) is 3.65. The molecule has 4 heteroatoms. The minimum Gasteiger partial charge on any atom is -0.271 e. The maximum atomic E-state index is 11.4. The van der Waals surface area contributed by atoms with Gasteiger partial charge in [-0.2, -0.15) is 5.26 Å². The highest BCUT2D eigenvalue weighted by Gasteiger charge is 2.22. The summed E-state index contributed by atoms with van der Waals surface area (Å²) in [6, 6.07) is 8.79. The summed E-state index contributed by atoms with van der Waals surface area (Å²) in [5, 5.41) is 8.32. The molecule has 1 aromatic rings. The average molecular weight is 236 g/mol. The molecule has 4 nitrogen and oxygen atoms in total. The van der Waals surface area contributed by atoms with Crippen molar-refractivity contribution in [3.05, 3.63) is 47.5 Å². The maximum absolute atomic E-state index is 11.4. The molecule has 0 saturated carbocycles. The second-order valence-electron chi connectivity index (χ2n) is 3.65. The molecule has 0 radical (unpaired) electrons. The monoisotopic (exact) mass is 236 g/mol. The lowest BCUT2D eigenvalue weighted by atomic mass is 10.1. The number of benzene rings is 1. The van der Waals surface area contributed by atoms with Gasteiger partial charge in [-0.15, -0.1) is 0 Å². The zero-order valence-corrected chi connectivity index (χ0v) is 9.38. The zero-order chi connectivity index (χ0) is 13.0. The van der Waals surface area contributed by atoms with Crippen LogP contribution in [0.2, 0.25) is 0 Å². The molecule has 0 atom stereocenters. The Morgan fingerprint density at radius 1 is 1.06 bits per heavy atom. The smallest absolute Gasteiger partial charge is 0.253 e. The maximum Gasteiger partial charge on any atom is 0.253 e. The van der Waals surface area contributed by atoms with Crippen molar-refractivity contribution in [2.75, 3.05) is 0 Å². The largest absolute Gasteiger partial charge is 0.271 e. The molecule has 2 rings (SSSR count). The van der Waals surface area contributed by atoms with Crippen molar-refractivity contribution >= 4 is 11.8 Å². The summed E-state index contributed by atoms with van der Waals surface area (Å²) in [7, 11) is 0. The number of nitrogens with zero attached hydrogens (tertiary/aromatic N) is 2. The highest BCUT2D eigenvalue weighted by atomic mass is 16.2. The van der Waals surface area contributed by atoms with E-state index in [1.165, 1.54) is 12.2 Å². The van der Waals surface area contributed by atoms with Crippen molar-refractivity contribution < 1.29 is 9.59 Å². The number of carbonyl (C=O) groups excluding carboxylic acids is 2. The van der Waals surface area contributed by atoms with Crippen molar-refractivity contribution in [3.8, 4) is 17.9 Å². The Morgan fingerprint density at radius 2 is 1.67 bits per heavy atom. The summed E-state index contributed by atoms with van der Waals surface area (Å²) < 4.78 is 0. The minimum atomic E-state index is -0.298. The number of hydrogen-bond acceptors (Lipinski definition) is 3. The second kappa shape index (κ2) is 4.99. The van der Waals surface area contributed by atoms with Gasteiger partial charge in [-0.1, -0.05) is 18.1 Å². The van der Waals surface area contributed by atoms with Crippen LogP contribution in [0.25, 0.3) is 0 Å². The van der Waals surface area contributed by atoms with Crippen LogP contribution in [-0.2, 0) is 16.1 Å². The predicted octanol–water partition coefficient (Wildman–Crippen LogP) is 0.987. The summed E-state index contributed by atoms with van der Waals surface area (Å²) in [6.45, 7) is 0.247. The molecule has 1 heterocycles. The SMILES string of the molecule is N#CC#Cc1ccc(CN2C(=O)C=CC2=O)cc1. The summed E-state index contributed by atoms with van der Waals surface area (Å²) in [5.74, 6) is 4.36. The number of nitriles is 1. The number of amides is 2. The summed E-state index contributed by atoms with van der Waals surface area (Å²) >= 11 is 0. The van der Waals surface area contributed by atoms with Crippen molar-refractivity contribution in [3.63, 3.8) is 0 Å². The molecule has 1 aliphatic rings. The van der Waals surface area contributed by atoms with Crippen LogP contribution in [0, 0.1) is 23.2 Å². The number of carbonyl (C=O) groups is 2. The summed E-state index contributed by atoms with van der Waals surface area (Å²) in [5.41, 5.74) is 1.56. The number of rotatable bonds is 2. The third-order valence-electron chi connectivity index (χ3n) is 2.46. The van der Waals surface area contributed by atoms with Crippen LogP contribution in [0.4, 0.5) is 0 Å². The van der Waals surface area contributed by atoms with Gasteiger partial charge in [0, 0.05) is 23.6 Å². The molecule has 86 valence electrons. The van der Waals surface area contributed by atoms with E-state index in [1.807, 2.05) is 0 Å². The van der Waals surface area contributed by atoms with Gasteiger partial charge in [0.1, 0.15) is 0 Å². The lowest BCUT2D eigenvalue weighted by molar-refractivity contribution is -0.137. The third-order valence-corrected chi connectivity index (χ3v) is 2.46. The molecule has 1 aromatic carbocycles. The van der Waals surface area contributed by atoms with Gasteiger partial charge in [-0.05, 0) is 17.7 Å². The van der Waals surface area contributed by atoms with Crippen LogP contribution < -0.4 is 0 Å². The fourth-order valence-electron chi connectivity index (χ4n) is 1.56. The lowest BCUT2D eigenvalue weighted by Gasteiger charge is -2.13. The van der Waals surface area contributed by atoms with E-state index in [-0.39, 0.29) is 18.4 Å². The number of hydrogen-bond donors (Lipinski definition) is 0. The molecule has 0 fully saturated rings. The van der Waals surface area contributed by atoms with E-state index in [1.54, 1.807) is 30.3 Å². The van der Waals surface area contributed by atoms with Gasteiger partial charge >= 0.3 is 0 Å². The van der Waals surface area contributed by atoms with Gasteiger partial charge in [0.2, 0.25) is 0 Å². The normalized spacial score (nSPS) is 13.2. The quantitative estimate of drug-likeness (QED) is 0.568. The molecule has 0 unspecified atom stereocenters. The van der Waals surface area contributed by atoms with E-state index in [4.69, 9.17) is 5.26 Å². The molecule has 18 heavy (non-hydrogen) atoms.